The van der Waals surface area contributed by atoms with E-state index < -0.39 is 6.09 Å². The van der Waals surface area contributed by atoms with Crippen molar-refractivity contribution in [2.24, 2.45) is 0 Å². The number of aromatic nitrogens is 1. The SMILES string of the molecule is CCOC(=O)Nc1ccc(Nc2cccc(C)c2C)nc1. The van der Waals surface area contributed by atoms with Crippen LogP contribution in [-0.2, 0) is 4.74 Å². The highest BCUT2D eigenvalue weighted by Crippen LogP contribution is 2.22. The van der Waals surface area contributed by atoms with Gasteiger partial charge in [0.1, 0.15) is 5.82 Å². The lowest BCUT2D eigenvalue weighted by atomic mass is 10.1. The molecule has 0 bridgehead atoms. The van der Waals surface area contributed by atoms with E-state index in [-0.39, 0.29) is 0 Å². The number of hydrogen-bond donors (Lipinski definition) is 2. The average Bonchev–Trinajstić information content (AvgIpc) is 2.46. The van der Waals surface area contributed by atoms with Crippen molar-refractivity contribution in [3.05, 3.63) is 47.7 Å². The quantitative estimate of drug-likeness (QED) is 0.891. The molecule has 1 aromatic carbocycles. The van der Waals surface area contributed by atoms with Crippen LogP contribution in [0.5, 0.6) is 0 Å². The molecule has 0 aliphatic carbocycles. The van der Waals surface area contributed by atoms with Gasteiger partial charge < -0.3 is 10.1 Å². The Morgan fingerprint density at radius 2 is 2.05 bits per heavy atom. The fourth-order valence-electron chi connectivity index (χ4n) is 1.85. The maximum Gasteiger partial charge on any atom is 0.411 e. The molecule has 5 nitrogen and oxygen atoms in total. The lowest BCUT2D eigenvalue weighted by molar-refractivity contribution is 0.168. The molecule has 0 atom stereocenters. The largest absolute Gasteiger partial charge is 0.450 e. The molecular weight excluding hydrogens is 266 g/mol. The number of ether oxygens (including phenoxy) is 1. The highest BCUT2D eigenvalue weighted by Gasteiger charge is 2.04. The van der Waals surface area contributed by atoms with Gasteiger partial charge in [-0.15, -0.1) is 0 Å². The number of nitrogens with one attached hydrogen (secondary N) is 2. The molecule has 0 spiro atoms. The van der Waals surface area contributed by atoms with E-state index in [9.17, 15) is 4.79 Å². The molecule has 2 aromatic rings. The highest BCUT2D eigenvalue weighted by atomic mass is 16.5. The van der Waals surface area contributed by atoms with Crippen LogP contribution in [0, 0.1) is 13.8 Å². The van der Waals surface area contributed by atoms with Crippen LogP contribution >= 0.6 is 0 Å². The first-order valence-corrected chi connectivity index (χ1v) is 6.83. The molecule has 2 rings (SSSR count). The molecule has 21 heavy (non-hydrogen) atoms. The second-order valence-electron chi connectivity index (χ2n) is 4.65. The minimum absolute atomic E-state index is 0.339. The summed E-state index contributed by atoms with van der Waals surface area (Å²) >= 11 is 0. The second-order valence-corrected chi connectivity index (χ2v) is 4.65. The number of anilines is 3. The first kappa shape index (κ1) is 14.8. The Bertz CT molecular complexity index is 624. The molecule has 0 aliphatic heterocycles. The number of benzene rings is 1. The van der Waals surface area contributed by atoms with Crippen LogP contribution in [0.2, 0.25) is 0 Å². The Morgan fingerprint density at radius 3 is 2.71 bits per heavy atom. The van der Waals surface area contributed by atoms with Crippen molar-refractivity contribution in [3.8, 4) is 0 Å². The number of amides is 1. The lowest BCUT2D eigenvalue weighted by Gasteiger charge is -2.11. The Balaban J connectivity index is 2.05. The zero-order chi connectivity index (χ0) is 15.2. The first-order chi connectivity index (χ1) is 10.1. The van der Waals surface area contributed by atoms with Gasteiger partial charge in [0.05, 0.1) is 18.5 Å². The van der Waals surface area contributed by atoms with Crippen molar-refractivity contribution in [2.75, 3.05) is 17.2 Å². The second kappa shape index (κ2) is 6.74. The molecule has 0 saturated carbocycles. The minimum Gasteiger partial charge on any atom is -0.450 e. The fourth-order valence-corrected chi connectivity index (χ4v) is 1.85. The Kier molecular flexibility index (Phi) is 4.77. The van der Waals surface area contributed by atoms with Crippen molar-refractivity contribution in [2.45, 2.75) is 20.8 Å². The normalized spacial score (nSPS) is 10.0. The van der Waals surface area contributed by atoms with Crippen molar-refractivity contribution in [1.29, 1.82) is 0 Å². The number of aryl methyl sites for hydroxylation is 1. The fraction of sp³-hybridized carbons (Fsp3) is 0.250. The maximum absolute atomic E-state index is 11.3. The van der Waals surface area contributed by atoms with E-state index in [0.717, 1.165) is 11.5 Å². The minimum atomic E-state index is -0.477. The molecule has 110 valence electrons. The van der Waals surface area contributed by atoms with E-state index >= 15 is 0 Å². The standard InChI is InChI=1S/C16H19N3O2/c1-4-21-16(20)18-13-8-9-15(17-10-13)19-14-7-5-6-11(2)12(14)3/h5-10H,4H2,1-3H3,(H,17,19)(H,18,20). The van der Waals surface area contributed by atoms with Gasteiger partial charge in [0.15, 0.2) is 0 Å². The molecule has 2 N–H and O–H groups in total. The van der Waals surface area contributed by atoms with Crippen LogP contribution in [0.1, 0.15) is 18.1 Å². The molecule has 0 radical (unpaired) electrons. The summed E-state index contributed by atoms with van der Waals surface area (Å²) in [4.78, 5) is 15.6. The molecule has 1 heterocycles. The third-order valence-corrected chi connectivity index (χ3v) is 3.15. The van der Waals surface area contributed by atoms with Gasteiger partial charge in [-0.1, -0.05) is 12.1 Å². The summed E-state index contributed by atoms with van der Waals surface area (Å²) in [5.41, 5.74) is 4.03. The van der Waals surface area contributed by atoms with E-state index in [1.807, 2.05) is 18.2 Å². The summed E-state index contributed by atoms with van der Waals surface area (Å²) in [6, 6.07) is 9.66. The van der Waals surface area contributed by atoms with Gasteiger partial charge in [-0.3, -0.25) is 5.32 Å². The number of pyridine rings is 1. The Morgan fingerprint density at radius 1 is 1.24 bits per heavy atom. The van der Waals surface area contributed by atoms with Crippen LogP contribution in [0.25, 0.3) is 0 Å². The Labute approximate surface area is 124 Å². The van der Waals surface area contributed by atoms with Crippen LogP contribution in [0.3, 0.4) is 0 Å². The summed E-state index contributed by atoms with van der Waals surface area (Å²) in [5.74, 6) is 0.720. The van der Waals surface area contributed by atoms with E-state index in [0.29, 0.717) is 12.3 Å². The highest BCUT2D eigenvalue weighted by molar-refractivity contribution is 5.84. The monoisotopic (exact) mass is 285 g/mol. The molecule has 1 aromatic heterocycles. The van der Waals surface area contributed by atoms with Gasteiger partial charge in [0.2, 0.25) is 0 Å². The Hall–Kier alpha value is -2.56. The third-order valence-electron chi connectivity index (χ3n) is 3.15. The maximum atomic E-state index is 11.3. The van der Waals surface area contributed by atoms with Gasteiger partial charge in [0, 0.05) is 5.69 Å². The number of carbonyl (C=O) groups excluding carboxylic acids is 1. The van der Waals surface area contributed by atoms with Crippen LogP contribution < -0.4 is 10.6 Å². The van der Waals surface area contributed by atoms with Gasteiger partial charge in [0.25, 0.3) is 0 Å². The smallest absolute Gasteiger partial charge is 0.411 e. The number of rotatable bonds is 4. The van der Waals surface area contributed by atoms with Gasteiger partial charge in [-0.2, -0.15) is 0 Å². The van der Waals surface area contributed by atoms with Gasteiger partial charge >= 0.3 is 6.09 Å². The topological polar surface area (TPSA) is 63.2 Å². The van der Waals surface area contributed by atoms with E-state index in [4.69, 9.17) is 4.74 Å². The summed E-state index contributed by atoms with van der Waals surface area (Å²) in [7, 11) is 0. The predicted octanol–water partition coefficient (Wildman–Crippen LogP) is 4.01. The average molecular weight is 285 g/mol. The molecular formula is C16H19N3O2. The number of nitrogens with zero attached hydrogens (tertiary/aromatic N) is 1. The van der Waals surface area contributed by atoms with Crippen LogP contribution in [0.4, 0.5) is 22.0 Å². The summed E-state index contributed by atoms with van der Waals surface area (Å²) in [5, 5.41) is 5.87. The lowest BCUT2D eigenvalue weighted by Crippen LogP contribution is -2.13. The van der Waals surface area contributed by atoms with Gasteiger partial charge in [-0.25, -0.2) is 9.78 Å². The molecule has 5 heteroatoms. The molecule has 0 fully saturated rings. The molecule has 0 aliphatic rings. The van der Waals surface area contributed by atoms with Crippen LogP contribution in [0.15, 0.2) is 36.5 Å². The predicted molar refractivity (Wildman–Crippen MR) is 84.1 cm³/mol. The summed E-state index contributed by atoms with van der Waals surface area (Å²) in [6.07, 6.45) is 1.11. The van der Waals surface area contributed by atoms with Crippen molar-refractivity contribution in [3.63, 3.8) is 0 Å². The van der Waals surface area contributed by atoms with Crippen molar-refractivity contribution < 1.29 is 9.53 Å². The molecule has 0 saturated heterocycles. The zero-order valence-electron chi connectivity index (χ0n) is 12.4. The summed E-state index contributed by atoms with van der Waals surface area (Å²) in [6.45, 7) is 6.23. The molecule has 0 unspecified atom stereocenters. The van der Waals surface area contributed by atoms with Crippen molar-refractivity contribution >= 4 is 23.3 Å². The number of carbonyl (C=O) groups is 1. The number of hydrogen-bond acceptors (Lipinski definition) is 4. The van der Waals surface area contributed by atoms with Crippen LogP contribution in [-0.4, -0.2) is 17.7 Å². The summed E-state index contributed by atoms with van der Waals surface area (Å²) < 4.78 is 4.81. The van der Waals surface area contributed by atoms with E-state index in [2.05, 4.69) is 35.5 Å². The first-order valence-electron chi connectivity index (χ1n) is 6.83. The zero-order valence-corrected chi connectivity index (χ0v) is 12.4. The van der Waals surface area contributed by atoms with Gasteiger partial charge in [-0.05, 0) is 50.1 Å². The third kappa shape index (κ3) is 3.95. The van der Waals surface area contributed by atoms with E-state index in [1.165, 1.54) is 11.1 Å². The molecule has 1 amide bonds. The van der Waals surface area contributed by atoms with Crippen molar-refractivity contribution in [1.82, 2.24) is 4.98 Å². The van der Waals surface area contributed by atoms with E-state index in [1.54, 1.807) is 19.2 Å².